The van der Waals surface area contributed by atoms with Crippen LogP contribution in [0, 0.1) is 0 Å². The molecule has 1 aromatic rings. The van der Waals surface area contributed by atoms with Crippen molar-refractivity contribution in [1.29, 1.82) is 0 Å². The van der Waals surface area contributed by atoms with E-state index in [9.17, 15) is 4.79 Å². The van der Waals surface area contributed by atoms with Gasteiger partial charge in [0.25, 0.3) is 5.91 Å². The van der Waals surface area contributed by atoms with Gasteiger partial charge in [0.05, 0.1) is 7.11 Å². The van der Waals surface area contributed by atoms with Crippen LogP contribution >= 0.6 is 0 Å². The lowest BCUT2D eigenvalue weighted by Gasteiger charge is -2.21. The second kappa shape index (κ2) is 7.07. The monoisotopic (exact) mass is 276 g/mol. The summed E-state index contributed by atoms with van der Waals surface area (Å²) >= 11 is 0. The lowest BCUT2D eigenvalue weighted by atomic mass is 9.95. The molecule has 1 aromatic carbocycles. The number of hydrogen-bond donors (Lipinski definition) is 3. The molecule has 0 aliphatic heterocycles. The molecule has 20 heavy (non-hydrogen) atoms. The smallest absolute Gasteiger partial charge is 0.270 e. The van der Waals surface area contributed by atoms with E-state index in [1.165, 1.54) is 0 Å². The molecule has 0 heterocycles. The number of methoxy groups -OCH3 is 1. The van der Waals surface area contributed by atoms with Crippen LogP contribution in [0.1, 0.15) is 24.8 Å². The summed E-state index contributed by atoms with van der Waals surface area (Å²) in [5.41, 5.74) is 3.50. The zero-order valence-electron chi connectivity index (χ0n) is 11.6. The average molecular weight is 276 g/mol. The molecule has 1 aliphatic rings. The summed E-state index contributed by atoms with van der Waals surface area (Å²) in [6.07, 6.45) is 4.56. The fourth-order valence-electron chi connectivity index (χ4n) is 2.34. The first-order valence-electron chi connectivity index (χ1n) is 6.74. The van der Waals surface area contributed by atoms with E-state index >= 15 is 0 Å². The third-order valence-electron chi connectivity index (χ3n) is 3.48. The lowest BCUT2D eigenvalue weighted by Crippen LogP contribution is -2.32. The van der Waals surface area contributed by atoms with Gasteiger partial charge in [-0.2, -0.15) is 0 Å². The van der Waals surface area contributed by atoms with E-state index in [4.69, 9.17) is 9.94 Å². The van der Waals surface area contributed by atoms with E-state index in [0.717, 1.165) is 30.7 Å². The first-order valence-corrected chi connectivity index (χ1v) is 6.74. The molecular weight excluding hydrogens is 256 g/mol. The van der Waals surface area contributed by atoms with Gasteiger partial charge < -0.3 is 10.1 Å². The van der Waals surface area contributed by atoms with Gasteiger partial charge in [-0.3, -0.25) is 10.0 Å². The molecule has 2 rings (SSSR count). The quantitative estimate of drug-likeness (QED) is 0.566. The molecule has 1 amide bonds. The highest BCUT2D eigenvalue weighted by molar-refractivity contribution is 5.92. The van der Waals surface area contributed by atoms with Crippen LogP contribution in [-0.2, 0) is 11.3 Å². The molecule has 1 aliphatic carbocycles. The highest BCUT2D eigenvalue weighted by atomic mass is 16.5. The standard InChI is InChI=1S/C15H20N2O3/c1-20-14-7-5-11(6-8-14)10-16-13-4-2-3-12(9-13)15(18)17-19/h5-9,13,16,19H,2-4,10H2,1H3,(H,17,18). The van der Waals surface area contributed by atoms with Crippen molar-refractivity contribution in [1.82, 2.24) is 10.8 Å². The van der Waals surface area contributed by atoms with E-state index < -0.39 is 5.91 Å². The van der Waals surface area contributed by atoms with Crippen LogP contribution < -0.4 is 15.5 Å². The molecule has 0 aromatic heterocycles. The van der Waals surface area contributed by atoms with Crippen molar-refractivity contribution in [2.45, 2.75) is 31.8 Å². The molecule has 0 bridgehead atoms. The molecule has 0 saturated heterocycles. The Balaban J connectivity index is 1.91. The number of hydroxylamine groups is 1. The minimum Gasteiger partial charge on any atom is -0.497 e. The number of carbonyl (C=O) groups excluding carboxylic acids is 1. The van der Waals surface area contributed by atoms with Crippen LogP contribution in [0.25, 0.3) is 0 Å². The first-order chi connectivity index (χ1) is 9.72. The summed E-state index contributed by atoms with van der Waals surface area (Å²) < 4.78 is 5.12. The molecule has 0 saturated carbocycles. The summed E-state index contributed by atoms with van der Waals surface area (Å²) in [5, 5.41) is 12.1. The minimum atomic E-state index is -0.402. The van der Waals surface area contributed by atoms with Crippen LogP contribution in [0.4, 0.5) is 0 Å². The zero-order valence-corrected chi connectivity index (χ0v) is 11.6. The van der Waals surface area contributed by atoms with Crippen molar-refractivity contribution in [2.24, 2.45) is 0 Å². The maximum Gasteiger partial charge on any atom is 0.270 e. The van der Waals surface area contributed by atoms with Crippen molar-refractivity contribution in [3.8, 4) is 5.75 Å². The molecule has 1 unspecified atom stereocenters. The molecule has 3 N–H and O–H groups in total. The molecule has 1 atom stereocenters. The predicted molar refractivity (Wildman–Crippen MR) is 75.5 cm³/mol. The summed E-state index contributed by atoms with van der Waals surface area (Å²) in [5.74, 6) is 0.439. The van der Waals surface area contributed by atoms with Gasteiger partial charge in [0.2, 0.25) is 0 Å². The van der Waals surface area contributed by atoms with Crippen LogP contribution in [0.2, 0.25) is 0 Å². The van der Waals surface area contributed by atoms with Crippen molar-refractivity contribution in [3.63, 3.8) is 0 Å². The van der Waals surface area contributed by atoms with E-state index in [1.54, 1.807) is 12.6 Å². The number of amides is 1. The number of benzene rings is 1. The van der Waals surface area contributed by atoms with Crippen LogP contribution in [0.15, 0.2) is 35.9 Å². The normalized spacial score (nSPS) is 18.3. The lowest BCUT2D eigenvalue weighted by molar-refractivity contribution is -0.125. The summed E-state index contributed by atoms with van der Waals surface area (Å²) in [6.45, 7) is 0.735. The number of rotatable bonds is 5. The van der Waals surface area contributed by atoms with E-state index in [0.29, 0.717) is 12.0 Å². The first kappa shape index (κ1) is 14.6. The second-order valence-electron chi connectivity index (χ2n) is 4.86. The van der Waals surface area contributed by atoms with Crippen molar-refractivity contribution < 1.29 is 14.7 Å². The van der Waals surface area contributed by atoms with Gasteiger partial charge >= 0.3 is 0 Å². The molecule has 0 spiro atoms. The average Bonchev–Trinajstić information content (AvgIpc) is 2.53. The third-order valence-corrected chi connectivity index (χ3v) is 3.48. The van der Waals surface area contributed by atoms with Gasteiger partial charge in [0, 0.05) is 18.2 Å². The minimum absolute atomic E-state index is 0.165. The van der Waals surface area contributed by atoms with Crippen molar-refractivity contribution in [3.05, 3.63) is 41.5 Å². The fourth-order valence-corrected chi connectivity index (χ4v) is 2.34. The largest absolute Gasteiger partial charge is 0.497 e. The Morgan fingerprint density at radius 2 is 2.15 bits per heavy atom. The topological polar surface area (TPSA) is 70.6 Å². The second-order valence-corrected chi connectivity index (χ2v) is 4.86. The Morgan fingerprint density at radius 3 is 2.80 bits per heavy atom. The maximum absolute atomic E-state index is 11.4. The van der Waals surface area contributed by atoms with Crippen LogP contribution in [-0.4, -0.2) is 24.3 Å². The summed E-state index contributed by atoms with van der Waals surface area (Å²) in [6, 6.07) is 8.05. The SMILES string of the molecule is COc1ccc(CNC2C=C(C(=O)NO)CCC2)cc1. The van der Waals surface area contributed by atoms with Gasteiger partial charge in [0.15, 0.2) is 0 Å². The zero-order chi connectivity index (χ0) is 14.4. The number of ether oxygens (including phenoxy) is 1. The third kappa shape index (κ3) is 3.82. The van der Waals surface area contributed by atoms with Gasteiger partial charge in [-0.05, 0) is 37.0 Å². The fraction of sp³-hybridized carbons (Fsp3) is 0.400. The molecular formula is C15H20N2O3. The summed E-state index contributed by atoms with van der Waals surface area (Å²) in [4.78, 5) is 11.4. The van der Waals surface area contributed by atoms with Crippen LogP contribution in [0.5, 0.6) is 5.75 Å². The molecule has 5 heteroatoms. The van der Waals surface area contributed by atoms with Gasteiger partial charge in [0.1, 0.15) is 5.75 Å². The Hall–Kier alpha value is -1.85. The number of carbonyl (C=O) groups is 1. The van der Waals surface area contributed by atoms with Crippen LogP contribution in [0.3, 0.4) is 0 Å². The highest BCUT2D eigenvalue weighted by Crippen LogP contribution is 2.19. The predicted octanol–water partition coefficient (Wildman–Crippen LogP) is 1.77. The van der Waals surface area contributed by atoms with Crippen molar-refractivity contribution >= 4 is 5.91 Å². The van der Waals surface area contributed by atoms with Gasteiger partial charge in [-0.1, -0.05) is 18.2 Å². The number of nitrogens with one attached hydrogen (secondary N) is 2. The maximum atomic E-state index is 11.4. The number of hydrogen-bond acceptors (Lipinski definition) is 4. The Bertz CT molecular complexity index is 482. The molecule has 108 valence electrons. The van der Waals surface area contributed by atoms with Crippen molar-refractivity contribution in [2.75, 3.05) is 7.11 Å². The summed E-state index contributed by atoms with van der Waals surface area (Å²) in [7, 11) is 1.65. The Kier molecular flexibility index (Phi) is 5.15. The van der Waals surface area contributed by atoms with E-state index in [1.807, 2.05) is 30.3 Å². The Morgan fingerprint density at radius 1 is 1.40 bits per heavy atom. The van der Waals surface area contributed by atoms with Gasteiger partial charge in [-0.25, -0.2) is 5.48 Å². The molecule has 5 nitrogen and oxygen atoms in total. The van der Waals surface area contributed by atoms with E-state index in [2.05, 4.69) is 5.32 Å². The van der Waals surface area contributed by atoms with Gasteiger partial charge in [-0.15, -0.1) is 0 Å². The Labute approximate surface area is 118 Å². The van der Waals surface area contributed by atoms with E-state index in [-0.39, 0.29) is 6.04 Å². The molecule has 0 radical (unpaired) electrons. The highest BCUT2D eigenvalue weighted by Gasteiger charge is 2.17. The molecule has 0 fully saturated rings.